The van der Waals surface area contributed by atoms with Gasteiger partial charge >= 0.3 is 6.61 Å². The molecule has 0 bridgehead atoms. The van der Waals surface area contributed by atoms with E-state index < -0.39 is 6.61 Å². The number of ether oxygens (including phenoxy) is 1. The number of carbonyl (C=O) groups excluding carboxylic acids is 1. The van der Waals surface area contributed by atoms with Crippen LogP contribution in [0.25, 0.3) is 0 Å². The fourth-order valence-electron chi connectivity index (χ4n) is 2.83. The first-order valence-electron chi connectivity index (χ1n) is 8.65. The molecular weight excluding hydrogens is 338 g/mol. The van der Waals surface area contributed by atoms with Crippen molar-refractivity contribution in [2.75, 3.05) is 13.1 Å². The van der Waals surface area contributed by atoms with Crippen LogP contribution in [0.4, 0.5) is 8.78 Å². The van der Waals surface area contributed by atoms with E-state index in [1.807, 2.05) is 44.2 Å². The Labute approximate surface area is 152 Å². The number of carbonyl (C=O) groups is 1. The summed E-state index contributed by atoms with van der Waals surface area (Å²) in [5.41, 5.74) is 1.75. The van der Waals surface area contributed by atoms with Crippen LogP contribution in [0.2, 0.25) is 0 Å². The summed E-state index contributed by atoms with van der Waals surface area (Å²) in [5, 5.41) is 2.94. The number of nitrogens with zero attached hydrogens (tertiary/aromatic N) is 1. The lowest BCUT2D eigenvalue weighted by atomic mass is 10.0. The van der Waals surface area contributed by atoms with Crippen molar-refractivity contribution in [2.24, 2.45) is 0 Å². The molecule has 2 rings (SSSR count). The van der Waals surface area contributed by atoms with Crippen LogP contribution in [-0.2, 0) is 11.3 Å². The lowest BCUT2D eigenvalue weighted by Crippen LogP contribution is -2.40. The summed E-state index contributed by atoms with van der Waals surface area (Å²) in [6.07, 6.45) is 0. The summed E-state index contributed by atoms with van der Waals surface area (Å²) in [4.78, 5) is 14.9. The molecule has 0 aliphatic rings. The zero-order valence-electron chi connectivity index (χ0n) is 15.0. The monoisotopic (exact) mass is 362 g/mol. The second-order valence-corrected chi connectivity index (χ2v) is 5.77. The van der Waals surface area contributed by atoms with Gasteiger partial charge in [-0.2, -0.15) is 8.78 Å². The van der Waals surface area contributed by atoms with Gasteiger partial charge in [0, 0.05) is 6.54 Å². The Morgan fingerprint density at radius 3 is 2.19 bits per heavy atom. The van der Waals surface area contributed by atoms with Gasteiger partial charge < -0.3 is 10.1 Å². The van der Waals surface area contributed by atoms with Crippen molar-refractivity contribution in [3.8, 4) is 5.75 Å². The van der Waals surface area contributed by atoms with Crippen LogP contribution >= 0.6 is 0 Å². The fraction of sp³-hybridized carbons (Fsp3) is 0.350. The highest BCUT2D eigenvalue weighted by Crippen LogP contribution is 2.21. The number of halogens is 2. The van der Waals surface area contributed by atoms with Crippen LogP contribution in [0.5, 0.6) is 5.75 Å². The topological polar surface area (TPSA) is 41.6 Å². The number of benzene rings is 2. The smallest absolute Gasteiger partial charge is 0.387 e. The van der Waals surface area contributed by atoms with Gasteiger partial charge in [0.05, 0.1) is 0 Å². The Bertz CT molecular complexity index is 674. The van der Waals surface area contributed by atoms with Crippen LogP contribution in [0.1, 0.15) is 31.0 Å². The van der Waals surface area contributed by atoms with E-state index in [1.54, 1.807) is 12.1 Å². The Balaban J connectivity index is 2.05. The molecule has 1 N–H and O–H groups in total. The maximum atomic E-state index is 12.8. The summed E-state index contributed by atoms with van der Waals surface area (Å²) in [6.45, 7) is 3.02. The number of hydrogen-bond donors (Lipinski definition) is 1. The minimum atomic E-state index is -2.85. The number of likely N-dealkylation sites (N-methyl/N-ethyl adjacent to an activating group) is 1. The molecule has 2 aromatic rings. The Morgan fingerprint density at radius 2 is 1.65 bits per heavy atom. The van der Waals surface area contributed by atoms with Gasteiger partial charge in [-0.3, -0.25) is 9.69 Å². The first-order valence-corrected chi connectivity index (χ1v) is 8.65. The molecule has 0 heterocycles. The minimum absolute atomic E-state index is 0.0900. The van der Waals surface area contributed by atoms with E-state index >= 15 is 0 Å². The largest absolute Gasteiger partial charge is 0.435 e. The van der Waals surface area contributed by atoms with Crippen LogP contribution in [0, 0.1) is 0 Å². The standard InChI is InChI=1S/C20H24F2N2O2/c1-3-24(4-2)18(16-8-6-5-7-9-16)19(25)23-14-15-10-12-17(13-11-15)26-20(21)22/h5-13,18,20H,3-4,14H2,1-2H3,(H,23,25). The van der Waals surface area contributed by atoms with Crippen molar-refractivity contribution in [3.05, 3.63) is 65.7 Å². The molecule has 1 unspecified atom stereocenters. The van der Waals surface area contributed by atoms with E-state index in [2.05, 4.69) is 15.0 Å². The van der Waals surface area contributed by atoms with Gasteiger partial charge in [0.25, 0.3) is 0 Å². The average molecular weight is 362 g/mol. The number of alkyl halides is 2. The highest BCUT2D eigenvalue weighted by atomic mass is 19.3. The molecule has 26 heavy (non-hydrogen) atoms. The zero-order valence-corrected chi connectivity index (χ0v) is 15.0. The molecule has 0 aliphatic heterocycles. The third-order valence-electron chi connectivity index (χ3n) is 4.16. The van der Waals surface area contributed by atoms with Crippen LogP contribution in [-0.4, -0.2) is 30.5 Å². The van der Waals surface area contributed by atoms with Crippen LogP contribution in [0.3, 0.4) is 0 Å². The predicted octanol–water partition coefficient (Wildman–Crippen LogP) is 3.99. The first kappa shape index (κ1) is 19.8. The number of hydrogen-bond acceptors (Lipinski definition) is 3. The number of nitrogens with one attached hydrogen (secondary N) is 1. The third-order valence-corrected chi connectivity index (χ3v) is 4.16. The second kappa shape index (κ2) is 9.87. The molecular formula is C20H24F2N2O2. The van der Waals surface area contributed by atoms with E-state index in [9.17, 15) is 13.6 Å². The molecule has 1 amide bonds. The summed E-state index contributed by atoms with van der Waals surface area (Å²) in [5.74, 6) is 0.00758. The summed E-state index contributed by atoms with van der Waals surface area (Å²) >= 11 is 0. The normalized spacial score (nSPS) is 12.2. The molecule has 0 aliphatic carbocycles. The molecule has 140 valence electrons. The Kier molecular flexibility index (Phi) is 7.53. The van der Waals surface area contributed by atoms with E-state index in [-0.39, 0.29) is 17.7 Å². The Morgan fingerprint density at radius 1 is 1.04 bits per heavy atom. The van der Waals surface area contributed by atoms with Gasteiger partial charge in [-0.25, -0.2) is 0 Å². The van der Waals surface area contributed by atoms with Crippen molar-refractivity contribution in [2.45, 2.75) is 33.0 Å². The van der Waals surface area contributed by atoms with E-state index in [4.69, 9.17) is 0 Å². The maximum absolute atomic E-state index is 12.8. The average Bonchev–Trinajstić information content (AvgIpc) is 2.65. The highest BCUT2D eigenvalue weighted by molar-refractivity contribution is 5.83. The van der Waals surface area contributed by atoms with E-state index in [0.29, 0.717) is 6.54 Å². The van der Waals surface area contributed by atoms with Gasteiger partial charge in [-0.15, -0.1) is 0 Å². The SMILES string of the molecule is CCN(CC)C(C(=O)NCc1ccc(OC(F)F)cc1)c1ccccc1. The molecule has 6 heteroatoms. The summed E-state index contributed by atoms with van der Waals surface area (Å²) in [6, 6.07) is 15.5. The van der Waals surface area contributed by atoms with Gasteiger partial charge in [0.2, 0.25) is 5.91 Å². The summed E-state index contributed by atoms with van der Waals surface area (Å²) < 4.78 is 28.7. The van der Waals surface area contributed by atoms with E-state index in [1.165, 1.54) is 12.1 Å². The van der Waals surface area contributed by atoms with Crippen molar-refractivity contribution < 1.29 is 18.3 Å². The van der Waals surface area contributed by atoms with Gasteiger partial charge in [0.1, 0.15) is 11.8 Å². The first-order chi connectivity index (χ1) is 12.5. The number of rotatable bonds is 9. The molecule has 1 atom stereocenters. The Hall–Kier alpha value is -2.47. The minimum Gasteiger partial charge on any atom is -0.435 e. The maximum Gasteiger partial charge on any atom is 0.387 e. The van der Waals surface area contributed by atoms with Crippen molar-refractivity contribution in [3.63, 3.8) is 0 Å². The predicted molar refractivity (Wildman–Crippen MR) is 97.0 cm³/mol. The molecule has 0 fully saturated rings. The van der Waals surface area contributed by atoms with Crippen LogP contribution in [0.15, 0.2) is 54.6 Å². The van der Waals surface area contributed by atoms with Crippen molar-refractivity contribution in [1.29, 1.82) is 0 Å². The van der Waals surface area contributed by atoms with Gasteiger partial charge in [-0.05, 0) is 36.3 Å². The molecule has 4 nitrogen and oxygen atoms in total. The van der Waals surface area contributed by atoms with Crippen LogP contribution < -0.4 is 10.1 Å². The van der Waals surface area contributed by atoms with Gasteiger partial charge in [0.15, 0.2) is 0 Å². The highest BCUT2D eigenvalue weighted by Gasteiger charge is 2.25. The van der Waals surface area contributed by atoms with E-state index in [0.717, 1.165) is 24.2 Å². The van der Waals surface area contributed by atoms with Crippen molar-refractivity contribution >= 4 is 5.91 Å². The molecule has 0 radical (unpaired) electrons. The zero-order chi connectivity index (χ0) is 18.9. The van der Waals surface area contributed by atoms with Crippen molar-refractivity contribution in [1.82, 2.24) is 10.2 Å². The fourth-order valence-corrected chi connectivity index (χ4v) is 2.83. The number of amides is 1. The molecule has 0 aromatic heterocycles. The molecule has 0 saturated carbocycles. The molecule has 2 aromatic carbocycles. The van der Waals surface area contributed by atoms with Gasteiger partial charge in [-0.1, -0.05) is 56.3 Å². The quantitative estimate of drug-likeness (QED) is 0.733. The molecule has 0 saturated heterocycles. The lowest BCUT2D eigenvalue weighted by molar-refractivity contribution is -0.126. The second-order valence-electron chi connectivity index (χ2n) is 5.77. The summed E-state index contributed by atoms with van der Waals surface area (Å²) in [7, 11) is 0. The lowest BCUT2D eigenvalue weighted by Gasteiger charge is -2.29. The molecule has 0 spiro atoms. The third kappa shape index (κ3) is 5.52.